The fraction of sp³-hybridized carbons (Fsp3) is 0.375. The Bertz CT molecular complexity index is 1110. The topological polar surface area (TPSA) is 76.5 Å². The van der Waals surface area contributed by atoms with E-state index in [0.29, 0.717) is 23.0 Å². The zero-order valence-corrected chi connectivity index (χ0v) is 18.6. The van der Waals surface area contributed by atoms with Crippen molar-refractivity contribution in [2.45, 2.75) is 26.3 Å². The smallest absolute Gasteiger partial charge is 0.274 e. The van der Waals surface area contributed by atoms with Gasteiger partial charge in [0, 0.05) is 19.0 Å². The summed E-state index contributed by atoms with van der Waals surface area (Å²) in [4.78, 5) is 27.4. The minimum absolute atomic E-state index is 0.0267. The van der Waals surface area contributed by atoms with Crippen LogP contribution in [-0.4, -0.2) is 47.3 Å². The first-order valence-electron chi connectivity index (χ1n) is 10.6. The molecule has 2 aromatic carbocycles. The number of nitrogens with one attached hydrogen (secondary N) is 1. The largest absolute Gasteiger partial charge is 0.497 e. The van der Waals surface area contributed by atoms with Gasteiger partial charge in [0.15, 0.2) is 0 Å². The van der Waals surface area contributed by atoms with E-state index in [2.05, 4.69) is 35.2 Å². The third-order valence-corrected chi connectivity index (χ3v) is 5.59. The maximum Gasteiger partial charge on any atom is 0.274 e. The summed E-state index contributed by atoms with van der Waals surface area (Å²) in [5.74, 6) is 0.665. The normalized spacial score (nSPS) is 12.2. The molecule has 1 heterocycles. The summed E-state index contributed by atoms with van der Waals surface area (Å²) in [5.41, 5.74) is 1.52. The number of hydrogen-bond acceptors (Lipinski definition) is 5. The van der Waals surface area contributed by atoms with Gasteiger partial charge < -0.3 is 10.1 Å². The van der Waals surface area contributed by atoms with Gasteiger partial charge in [0.25, 0.3) is 5.56 Å². The molecule has 3 rings (SSSR count). The summed E-state index contributed by atoms with van der Waals surface area (Å²) < 4.78 is 6.67. The molecule has 164 valence electrons. The Morgan fingerprint density at radius 1 is 1.13 bits per heavy atom. The number of benzene rings is 2. The molecule has 0 spiro atoms. The minimum atomic E-state index is -0.167. The van der Waals surface area contributed by atoms with Gasteiger partial charge in [-0.2, -0.15) is 5.10 Å². The first kappa shape index (κ1) is 22.5. The Balaban J connectivity index is 1.79. The molecule has 0 aliphatic heterocycles. The second kappa shape index (κ2) is 10.2. The quantitative estimate of drug-likeness (QED) is 0.574. The molecule has 0 radical (unpaired) electrons. The fourth-order valence-corrected chi connectivity index (χ4v) is 3.90. The van der Waals surface area contributed by atoms with Crippen molar-refractivity contribution in [3.05, 3.63) is 70.1 Å². The van der Waals surface area contributed by atoms with Gasteiger partial charge >= 0.3 is 0 Å². The lowest BCUT2D eigenvalue weighted by atomic mass is 10.0. The number of hydrogen-bond donors (Lipinski definition) is 1. The number of methoxy groups -OCH3 is 1. The second-order valence-corrected chi connectivity index (χ2v) is 7.42. The predicted molar refractivity (Wildman–Crippen MR) is 122 cm³/mol. The van der Waals surface area contributed by atoms with Gasteiger partial charge in [0.1, 0.15) is 5.75 Å². The molecular formula is C24H30N4O3. The van der Waals surface area contributed by atoms with E-state index in [9.17, 15) is 9.59 Å². The van der Waals surface area contributed by atoms with Crippen molar-refractivity contribution in [2.24, 2.45) is 7.05 Å². The molecule has 0 fully saturated rings. The Morgan fingerprint density at radius 2 is 1.84 bits per heavy atom. The van der Waals surface area contributed by atoms with E-state index in [4.69, 9.17) is 4.74 Å². The van der Waals surface area contributed by atoms with Crippen LogP contribution in [0.1, 0.15) is 31.1 Å². The Kier molecular flexibility index (Phi) is 7.41. The minimum Gasteiger partial charge on any atom is -0.497 e. The molecule has 0 aliphatic carbocycles. The van der Waals surface area contributed by atoms with Crippen molar-refractivity contribution < 1.29 is 9.53 Å². The summed E-state index contributed by atoms with van der Waals surface area (Å²) in [6.07, 6.45) is 0.109. The van der Waals surface area contributed by atoms with Crippen LogP contribution in [0.3, 0.4) is 0 Å². The molecule has 1 amide bonds. The molecule has 1 N–H and O–H groups in total. The van der Waals surface area contributed by atoms with E-state index >= 15 is 0 Å². The van der Waals surface area contributed by atoms with Crippen LogP contribution >= 0.6 is 0 Å². The maximum absolute atomic E-state index is 12.8. The zero-order valence-electron chi connectivity index (χ0n) is 18.6. The van der Waals surface area contributed by atoms with Gasteiger partial charge in [-0.15, -0.1) is 0 Å². The highest BCUT2D eigenvalue weighted by molar-refractivity contribution is 5.88. The summed E-state index contributed by atoms with van der Waals surface area (Å²) in [6.45, 7) is 6.41. The molecule has 1 atom stereocenters. The maximum atomic E-state index is 12.8. The SMILES string of the molecule is CCN(CC)C(CNC(=O)Cc1nn(C)c(=O)c2ccccc12)c1cccc(OC)c1. The van der Waals surface area contributed by atoms with Gasteiger partial charge in [-0.25, -0.2) is 4.68 Å². The van der Waals surface area contributed by atoms with Crippen molar-refractivity contribution in [3.8, 4) is 5.75 Å². The monoisotopic (exact) mass is 422 g/mol. The average Bonchev–Trinajstić information content (AvgIpc) is 2.80. The highest BCUT2D eigenvalue weighted by Gasteiger charge is 2.20. The summed E-state index contributed by atoms with van der Waals surface area (Å²) in [6, 6.07) is 15.2. The van der Waals surface area contributed by atoms with Crippen molar-refractivity contribution >= 4 is 16.7 Å². The lowest BCUT2D eigenvalue weighted by molar-refractivity contribution is -0.120. The highest BCUT2D eigenvalue weighted by atomic mass is 16.5. The predicted octanol–water partition coefficient (Wildman–Crippen LogP) is 2.68. The Hall–Kier alpha value is -3.19. The number of rotatable bonds is 9. The lowest BCUT2D eigenvalue weighted by Gasteiger charge is -2.30. The molecule has 0 aliphatic rings. The van der Waals surface area contributed by atoms with Gasteiger partial charge in [-0.3, -0.25) is 14.5 Å². The van der Waals surface area contributed by atoms with E-state index < -0.39 is 0 Å². The standard InChI is InChI=1S/C24H30N4O3/c1-5-28(6-2)22(17-10-9-11-18(14-17)31-4)16-25-23(29)15-21-19-12-7-8-13-20(19)24(30)27(3)26-21/h7-14,22H,5-6,15-16H2,1-4H3,(H,25,29). The number of ether oxygens (including phenoxy) is 1. The van der Waals surface area contributed by atoms with Crippen molar-refractivity contribution in [2.75, 3.05) is 26.7 Å². The van der Waals surface area contributed by atoms with Gasteiger partial charge in [-0.1, -0.05) is 44.2 Å². The summed E-state index contributed by atoms with van der Waals surface area (Å²) >= 11 is 0. The first-order valence-corrected chi connectivity index (χ1v) is 10.6. The number of carbonyl (C=O) groups is 1. The fourth-order valence-electron chi connectivity index (χ4n) is 3.90. The third kappa shape index (κ3) is 5.11. The highest BCUT2D eigenvalue weighted by Crippen LogP contribution is 2.24. The zero-order chi connectivity index (χ0) is 22.4. The van der Waals surface area contributed by atoms with E-state index in [1.54, 1.807) is 20.2 Å². The number of amides is 1. The molecular weight excluding hydrogens is 392 g/mol. The van der Waals surface area contributed by atoms with E-state index in [1.165, 1.54) is 4.68 Å². The molecule has 31 heavy (non-hydrogen) atoms. The van der Waals surface area contributed by atoms with E-state index in [0.717, 1.165) is 24.4 Å². The van der Waals surface area contributed by atoms with Crippen LogP contribution in [0.25, 0.3) is 10.8 Å². The van der Waals surface area contributed by atoms with Crippen LogP contribution in [0, 0.1) is 0 Å². The van der Waals surface area contributed by atoms with Crippen molar-refractivity contribution in [1.82, 2.24) is 20.0 Å². The number of likely N-dealkylation sites (N-methyl/N-ethyl adjacent to an activating group) is 1. The molecule has 7 heteroatoms. The molecule has 0 bridgehead atoms. The summed E-state index contributed by atoms with van der Waals surface area (Å²) in [5, 5.41) is 8.69. The Labute approximate surface area is 182 Å². The van der Waals surface area contributed by atoms with Crippen molar-refractivity contribution in [1.29, 1.82) is 0 Å². The first-order chi connectivity index (χ1) is 15.0. The second-order valence-electron chi connectivity index (χ2n) is 7.42. The molecule has 1 aromatic heterocycles. The third-order valence-electron chi connectivity index (χ3n) is 5.59. The van der Waals surface area contributed by atoms with Crippen LogP contribution in [0.4, 0.5) is 0 Å². The number of carbonyl (C=O) groups excluding carboxylic acids is 1. The number of aryl methyl sites for hydroxylation is 1. The van der Waals surface area contributed by atoms with Gasteiger partial charge in [0.2, 0.25) is 5.91 Å². The molecule has 1 unspecified atom stereocenters. The molecule has 0 saturated heterocycles. The number of nitrogens with zero attached hydrogens (tertiary/aromatic N) is 3. The molecule has 7 nitrogen and oxygen atoms in total. The van der Waals surface area contributed by atoms with Crippen LogP contribution in [-0.2, 0) is 18.3 Å². The van der Waals surface area contributed by atoms with Crippen LogP contribution in [0.2, 0.25) is 0 Å². The lowest BCUT2D eigenvalue weighted by Crippen LogP contribution is -2.38. The van der Waals surface area contributed by atoms with Gasteiger partial charge in [0.05, 0.1) is 30.7 Å². The van der Waals surface area contributed by atoms with Crippen LogP contribution in [0.15, 0.2) is 53.3 Å². The average molecular weight is 423 g/mol. The van der Waals surface area contributed by atoms with E-state index in [1.807, 2.05) is 36.4 Å². The van der Waals surface area contributed by atoms with Crippen LogP contribution < -0.4 is 15.6 Å². The van der Waals surface area contributed by atoms with E-state index in [-0.39, 0.29) is 23.9 Å². The van der Waals surface area contributed by atoms with Gasteiger partial charge in [-0.05, 0) is 36.9 Å². The number of fused-ring (bicyclic) bond motifs is 1. The molecule has 3 aromatic rings. The Morgan fingerprint density at radius 3 is 2.52 bits per heavy atom. The summed E-state index contributed by atoms with van der Waals surface area (Å²) in [7, 11) is 3.26. The molecule has 0 saturated carbocycles. The van der Waals surface area contributed by atoms with Crippen molar-refractivity contribution in [3.63, 3.8) is 0 Å². The number of aromatic nitrogens is 2. The van der Waals surface area contributed by atoms with Crippen LogP contribution in [0.5, 0.6) is 5.75 Å².